The molecule has 0 aromatic rings. The highest BCUT2D eigenvalue weighted by Crippen LogP contribution is 2.27. The highest BCUT2D eigenvalue weighted by Gasteiger charge is 2.06. The third kappa shape index (κ3) is 8.33. The Morgan fingerprint density at radius 2 is 2.06 bits per heavy atom. The molecule has 0 rings (SSSR count). The standard InChI is InChI=1S/C9H15N2O4P/c1-8(2)9(12)13-6-7-15-16(11)14-5-3-4-10/h1,3,5-7,11H2,2H3. The topological polar surface area (TPSA) is 94.6 Å². The molecule has 16 heavy (non-hydrogen) atoms. The number of hydrogen-bond acceptors (Lipinski definition) is 6. The van der Waals surface area contributed by atoms with Gasteiger partial charge in [0, 0.05) is 5.57 Å². The van der Waals surface area contributed by atoms with Crippen LogP contribution in [0.2, 0.25) is 0 Å². The lowest BCUT2D eigenvalue weighted by Gasteiger charge is -2.11. The molecule has 0 spiro atoms. The van der Waals surface area contributed by atoms with Gasteiger partial charge >= 0.3 is 5.97 Å². The van der Waals surface area contributed by atoms with Crippen LogP contribution in [0.5, 0.6) is 0 Å². The first-order valence-electron chi connectivity index (χ1n) is 4.58. The summed E-state index contributed by atoms with van der Waals surface area (Å²) >= 11 is 0. The quantitative estimate of drug-likeness (QED) is 0.299. The Hall–Kier alpha value is -0.990. The van der Waals surface area contributed by atoms with Gasteiger partial charge in [0.25, 0.3) is 8.53 Å². The zero-order valence-corrected chi connectivity index (χ0v) is 10.0. The number of ether oxygens (including phenoxy) is 1. The Labute approximate surface area is 95.9 Å². The van der Waals surface area contributed by atoms with E-state index in [1.807, 2.05) is 6.07 Å². The van der Waals surface area contributed by atoms with Gasteiger partial charge < -0.3 is 13.8 Å². The Balaban J connectivity index is 3.41. The van der Waals surface area contributed by atoms with Gasteiger partial charge in [0.05, 0.1) is 25.7 Å². The summed E-state index contributed by atoms with van der Waals surface area (Å²) in [6.07, 6.45) is 0.268. The summed E-state index contributed by atoms with van der Waals surface area (Å²) in [6.45, 7) is 5.49. The molecule has 2 N–H and O–H groups in total. The molecule has 0 fully saturated rings. The molecule has 7 heteroatoms. The molecule has 0 heterocycles. The minimum atomic E-state index is -1.50. The molecule has 0 radical (unpaired) electrons. The molecule has 0 aliphatic rings. The van der Waals surface area contributed by atoms with Crippen molar-refractivity contribution in [1.82, 2.24) is 0 Å². The van der Waals surface area contributed by atoms with Crippen molar-refractivity contribution in [3.05, 3.63) is 12.2 Å². The molecule has 1 atom stereocenters. The Morgan fingerprint density at radius 1 is 1.44 bits per heavy atom. The van der Waals surface area contributed by atoms with Crippen LogP contribution in [0.3, 0.4) is 0 Å². The SMILES string of the molecule is C=C(C)C(=O)OCCOP(N)OCCC#N. The second kappa shape index (κ2) is 9.25. The van der Waals surface area contributed by atoms with Gasteiger partial charge in [-0.1, -0.05) is 6.58 Å². The molecule has 6 nitrogen and oxygen atoms in total. The summed E-state index contributed by atoms with van der Waals surface area (Å²) in [7, 11) is -1.50. The second-order valence-electron chi connectivity index (χ2n) is 2.78. The Morgan fingerprint density at radius 3 is 2.62 bits per heavy atom. The number of esters is 1. The van der Waals surface area contributed by atoms with E-state index in [4.69, 9.17) is 24.6 Å². The molecule has 0 aromatic heterocycles. The first-order chi connectivity index (χ1) is 7.57. The zero-order chi connectivity index (χ0) is 12.4. The third-order valence-electron chi connectivity index (χ3n) is 1.32. The van der Waals surface area contributed by atoms with Gasteiger partial charge in [-0.15, -0.1) is 0 Å². The van der Waals surface area contributed by atoms with Gasteiger partial charge in [-0.05, 0) is 6.92 Å². The second-order valence-corrected chi connectivity index (χ2v) is 3.86. The van der Waals surface area contributed by atoms with Crippen LogP contribution < -0.4 is 5.50 Å². The van der Waals surface area contributed by atoms with Crippen LogP contribution >= 0.6 is 8.53 Å². The minimum absolute atomic E-state index is 0.101. The fourth-order valence-electron chi connectivity index (χ4n) is 0.603. The van der Waals surface area contributed by atoms with E-state index in [1.54, 1.807) is 6.92 Å². The van der Waals surface area contributed by atoms with Gasteiger partial charge in [-0.3, -0.25) is 5.50 Å². The van der Waals surface area contributed by atoms with Crippen LogP contribution in [0.15, 0.2) is 12.2 Å². The maximum Gasteiger partial charge on any atom is 0.333 e. The van der Waals surface area contributed by atoms with E-state index in [2.05, 4.69) is 6.58 Å². The van der Waals surface area contributed by atoms with Gasteiger partial charge in [0.2, 0.25) is 0 Å². The number of nitriles is 1. The van der Waals surface area contributed by atoms with E-state index < -0.39 is 14.5 Å². The predicted molar refractivity (Wildman–Crippen MR) is 59.0 cm³/mol. The number of nitrogens with two attached hydrogens (primary N) is 1. The molecule has 90 valence electrons. The lowest BCUT2D eigenvalue weighted by molar-refractivity contribution is -0.139. The Kier molecular flexibility index (Phi) is 8.68. The lowest BCUT2D eigenvalue weighted by atomic mass is 10.4. The average Bonchev–Trinajstić information content (AvgIpc) is 2.24. The highest BCUT2D eigenvalue weighted by atomic mass is 31.2. The fourth-order valence-corrected chi connectivity index (χ4v) is 1.20. The van der Waals surface area contributed by atoms with Crippen molar-refractivity contribution in [3.63, 3.8) is 0 Å². The largest absolute Gasteiger partial charge is 0.460 e. The molecule has 0 aliphatic heterocycles. The summed E-state index contributed by atoms with van der Waals surface area (Å²) < 4.78 is 14.8. The zero-order valence-electron chi connectivity index (χ0n) is 9.14. The van der Waals surface area contributed by atoms with Gasteiger partial charge in [0.1, 0.15) is 6.61 Å². The first-order valence-corrected chi connectivity index (χ1v) is 5.83. The maximum atomic E-state index is 10.9. The van der Waals surface area contributed by atoms with Crippen LogP contribution in [0.4, 0.5) is 0 Å². The van der Waals surface area contributed by atoms with E-state index in [0.717, 1.165) is 0 Å². The molecule has 0 saturated carbocycles. The first kappa shape index (κ1) is 15.0. The smallest absolute Gasteiger partial charge is 0.333 e. The minimum Gasteiger partial charge on any atom is -0.460 e. The summed E-state index contributed by atoms with van der Waals surface area (Å²) in [5.74, 6) is -0.463. The summed E-state index contributed by atoms with van der Waals surface area (Å²) in [5, 5.41) is 8.24. The molecule has 0 amide bonds. The number of hydrogen-bond donors (Lipinski definition) is 1. The van der Waals surface area contributed by atoms with E-state index >= 15 is 0 Å². The molecule has 0 bridgehead atoms. The van der Waals surface area contributed by atoms with Gasteiger partial charge in [-0.2, -0.15) is 5.26 Å². The van der Waals surface area contributed by atoms with Gasteiger partial charge in [0.15, 0.2) is 0 Å². The predicted octanol–water partition coefficient (Wildman–Crippen LogP) is 1.24. The fraction of sp³-hybridized carbons (Fsp3) is 0.556. The van der Waals surface area contributed by atoms with Crippen molar-refractivity contribution in [2.45, 2.75) is 13.3 Å². The lowest BCUT2D eigenvalue weighted by Crippen LogP contribution is -2.11. The van der Waals surface area contributed by atoms with Crippen molar-refractivity contribution >= 4 is 14.5 Å². The average molecular weight is 246 g/mol. The van der Waals surface area contributed by atoms with Crippen molar-refractivity contribution in [2.24, 2.45) is 5.50 Å². The molecular formula is C9H15N2O4P. The van der Waals surface area contributed by atoms with Crippen molar-refractivity contribution in [2.75, 3.05) is 19.8 Å². The van der Waals surface area contributed by atoms with Gasteiger partial charge in [-0.25, -0.2) is 4.79 Å². The number of carbonyl (C=O) groups excluding carboxylic acids is 1. The Bertz CT molecular complexity index is 277. The highest BCUT2D eigenvalue weighted by molar-refractivity contribution is 7.44. The third-order valence-corrected chi connectivity index (χ3v) is 2.19. The molecular weight excluding hydrogens is 231 g/mol. The van der Waals surface area contributed by atoms with Crippen LogP contribution in [-0.2, 0) is 18.6 Å². The van der Waals surface area contributed by atoms with Crippen LogP contribution in [-0.4, -0.2) is 25.8 Å². The van der Waals surface area contributed by atoms with Crippen LogP contribution in [0.25, 0.3) is 0 Å². The number of rotatable bonds is 8. The van der Waals surface area contributed by atoms with E-state index in [1.165, 1.54) is 0 Å². The summed E-state index contributed by atoms with van der Waals surface area (Å²) in [5.41, 5.74) is 5.78. The molecule has 0 aromatic carbocycles. The monoisotopic (exact) mass is 246 g/mol. The normalized spacial score (nSPS) is 11.6. The molecule has 1 unspecified atom stereocenters. The van der Waals surface area contributed by atoms with E-state index in [0.29, 0.717) is 5.57 Å². The van der Waals surface area contributed by atoms with Crippen LogP contribution in [0.1, 0.15) is 13.3 Å². The number of nitrogens with zero attached hydrogens (tertiary/aromatic N) is 1. The molecule has 0 saturated heterocycles. The summed E-state index contributed by atoms with van der Waals surface area (Å²) in [6, 6.07) is 1.91. The van der Waals surface area contributed by atoms with E-state index in [9.17, 15) is 4.79 Å². The number of carbonyl (C=O) groups is 1. The molecule has 0 aliphatic carbocycles. The van der Waals surface area contributed by atoms with Crippen molar-refractivity contribution in [3.8, 4) is 6.07 Å². The van der Waals surface area contributed by atoms with Crippen LogP contribution in [0, 0.1) is 11.3 Å². The maximum absolute atomic E-state index is 10.9. The van der Waals surface area contributed by atoms with E-state index in [-0.39, 0.29) is 26.2 Å². The van der Waals surface area contributed by atoms with Crippen molar-refractivity contribution < 1.29 is 18.6 Å². The van der Waals surface area contributed by atoms with Crippen molar-refractivity contribution in [1.29, 1.82) is 5.26 Å². The summed E-state index contributed by atoms with van der Waals surface area (Å²) in [4.78, 5) is 10.9.